The maximum absolute atomic E-state index is 6.44. The molecule has 1 aromatic heterocycles. The van der Waals surface area contributed by atoms with Crippen LogP contribution in [0.1, 0.15) is 67.1 Å². The molecule has 5 nitrogen and oxygen atoms in total. The van der Waals surface area contributed by atoms with Crippen molar-refractivity contribution in [2.75, 3.05) is 20.8 Å². The molecule has 32 heavy (non-hydrogen) atoms. The number of methoxy groups -OCH3 is 2. The first kappa shape index (κ1) is 21.4. The van der Waals surface area contributed by atoms with Crippen LogP contribution in [0.5, 0.6) is 11.5 Å². The van der Waals surface area contributed by atoms with Gasteiger partial charge in [-0.05, 0) is 62.1 Å². The van der Waals surface area contributed by atoms with Gasteiger partial charge in [-0.2, -0.15) is 0 Å². The molecule has 0 saturated heterocycles. The van der Waals surface area contributed by atoms with E-state index in [2.05, 4.69) is 54.1 Å². The lowest BCUT2D eigenvalue weighted by atomic mass is 9.75. The van der Waals surface area contributed by atoms with Crippen molar-refractivity contribution < 1.29 is 14.2 Å². The van der Waals surface area contributed by atoms with Gasteiger partial charge in [0.05, 0.1) is 19.9 Å². The molecule has 3 atom stereocenters. The Kier molecular flexibility index (Phi) is 5.87. The van der Waals surface area contributed by atoms with Crippen LogP contribution in [0.25, 0.3) is 10.9 Å². The molecule has 2 aromatic carbocycles. The molecule has 3 unspecified atom stereocenters. The maximum Gasteiger partial charge on any atom is 0.161 e. The Balaban J connectivity index is 1.60. The molecule has 5 rings (SSSR count). The second kappa shape index (κ2) is 8.80. The topological polar surface area (TPSA) is 46.7 Å². The van der Waals surface area contributed by atoms with E-state index in [1.807, 2.05) is 6.07 Å². The number of hydrogen-bond donors (Lipinski definition) is 1. The van der Waals surface area contributed by atoms with Gasteiger partial charge in [-0.15, -0.1) is 0 Å². The first-order valence-electron chi connectivity index (χ1n) is 11.8. The molecule has 0 radical (unpaired) electrons. The van der Waals surface area contributed by atoms with Crippen molar-refractivity contribution in [2.45, 2.75) is 64.3 Å². The summed E-state index contributed by atoms with van der Waals surface area (Å²) in [7, 11) is 3.38. The quantitative estimate of drug-likeness (QED) is 0.511. The number of aromatic nitrogens is 1. The Labute approximate surface area is 190 Å². The van der Waals surface area contributed by atoms with Crippen LogP contribution in [-0.2, 0) is 11.3 Å². The van der Waals surface area contributed by atoms with Crippen molar-refractivity contribution >= 4 is 10.9 Å². The number of aryl methyl sites for hydroxylation is 1. The summed E-state index contributed by atoms with van der Waals surface area (Å²) in [6, 6.07) is 13.5. The number of nitrogens with zero attached hydrogens (tertiary/aromatic N) is 1. The molecular formula is C27H34N2O3. The maximum atomic E-state index is 6.44. The highest BCUT2D eigenvalue weighted by Gasteiger charge is 2.44. The number of H-pyrrole nitrogens is 1. The Bertz CT molecular complexity index is 1110. The average molecular weight is 435 g/mol. The van der Waals surface area contributed by atoms with Crippen molar-refractivity contribution in [3.8, 4) is 11.5 Å². The minimum atomic E-state index is -0.0739. The third kappa shape index (κ3) is 3.57. The zero-order valence-corrected chi connectivity index (χ0v) is 19.6. The van der Waals surface area contributed by atoms with Gasteiger partial charge in [0, 0.05) is 36.0 Å². The minimum absolute atomic E-state index is 0.0739. The number of hydrogen-bond acceptors (Lipinski definition) is 4. The lowest BCUT2D eigenvalue weighted by Gasteiger charge is -2.48. The third-order valence-corrected chi connectivity index (χ3v) is 7.24. The Morgan fingerprint density at radius 1 is 1.00 bits per heavy atom. The number of aromatic amines is 1. The van der Waals surface area contributed by atoms with Crippen molar-refractivity contribution in [3.63, 3.8) is 0 Å². The molecule has 1 saturated carbocycles. The number of fused-ring (bicyclic) bond motifs is 5. The highest BCUT2D eigenvalue weighted by molar-refractivity contribution is 5.86. The van der Waals surface area contributed by atoms with Gasteiger partial charge in [-0.3, -0.25) is 4.90 Å². The van der Waals surface area contributed by atoms with Crippen molar-refractivity contribution in [2.24, 2.45) is 0 Å². The Morgan fingerprint density at radius 3 is 2.59 bits per heavy atom. The van der Waals surface area contributed by atoms with Crippen LogP contribution >= 0.6 is 0 Å². The van der Waals surface area contributed by atoms with E-state index in [1.54, 1.807) is 14.2 Å². The first-order valence-corrected chi connectivity index (χ1v) is 11.8. The van der Waals surface area contributed by atoms with Crippen LogP contribution in [-0.4, -0.2) is 36.8 Å². The van der Waals surface area contributed by atoms with E-state index in [0.29, 0.717) is 18.6 Å². The fourth-order valence-corrected chi connectivity index (χ4v) is 5.85. The first-order chi connectivity index (χ1) is 15.6. The van der Waals surface area contributed by atoms with Gasteiger partial charge in [-0.1, -0.05) is 30.5 Å². The fraction of sp³-hybridized carbons (Fsp3) is 0.481. The van der Waals surface area contributed by atoms with Crippen molar-refractivity contribution in [3.05, 3.63) is 58.8 Å². The number of nitrogens with one attached hydrogen (secondary N) is 1. The van der Waals surface area contributed by atoms with Gasteiger partial charge >= 0.3 is 0 Å². The van der Waals surface area contributed by atoms with Crippen LogP contribution < -0.4 is 9.47 Å². The average Bonchev–Trinajstić information content (AvgIpc) is 3.19. The minimum Gasteiger partial charge on any atom is -0.493 e. The smallest absolute Gasteiger partial charge is 0.161 e. The molecule has 1 fully saturated rings. The van der Waals surface area contributed by atoms with Gasteiger partial charge < -0.3 is 19.2 Å². The van der Waals surface area contributed by atoms with E-state index in [-0.39, 0.29) is 6.23 Å². The third-order valence-electron chi connectivity index (χ3n) is 7.24. The molecule has 5 heteroatoms. The number of benzene rings is 2. The zero-order valence-electron chi connectivity index (χ0n) is 19.6. The molecule has 1 aliphatic heterocycles. The van der Waals surface area contributed by atoms with E-state index in [1.165, 1.54) is 59.0 Å². The summed E-state index contributed by atoms with van der Waals surface area (Å²) in [5, 5.41) is 1.38. The van der Waals surface area contributed by atoms with Crippen LogP contribution in [0.2, 0.25) is 0 Å². The second-order valence-corrected chi connectivity index (χ2v) is 9.13. The monoisotopic (exact) mass is 434 g/mol. The molecular weight excluding hydrogens is 400 g/mol. The molecule has 1 N–H and O–H groups in total. The summed E-state index contributed by atoms with van der Waals surface area (Å²) < 4.78 is 17.5. The van der Waals surface area contributed by atoms with Crippen LogP contribution in [0, 0.1) is 6.92 Å². The van der Waals surface area contributed by atoms with Gasteiger partial charge in [0.2, 0.25) is 0 Å². The van der Waals surface area contributed by atoms with E-state index in [4.69, 9.17) is 14.2 Å². The summed E-state index contributed by atoms with van der Waals surface area (Å²) >= 11 is 0. The van der Waals surface area contributed by atoms with E-state index in [9.17, 15) is 0 Å². The Hall–Kier alpha value is -2.50. The molecule has 2 aliphatic rings. The predicted octanol–water partition coefficient (Wildman–Crippen LogP) is 6.07. The molecule has 170 valence electrons. The van der Waals surface area contributed by atoms with E-state index in [0.717, 1.165) is 18.0 Å². The van der Waals surface area contributed by atoms with Crippen molar-refractivity contribution in [1.82, 2.24) is 9.88 Å². The summed E-state index contributed by atoms with van der Waals surface area (Å²) in [4.78, 5) is 6.34. The van der Waals surface area contributed by atoms with Crippen LogP contribution in [0.3, 0.4) is 0 Å². The molecule has 0 amide bonds. The molecule has 1 aliphatic carbocycles. The molecule has 0 bridgehead atoms. The van der Waals surface area contributed by atoms with E-state index < -0.39 is 0 Å². The largest absolute Gasteiger partial charge is 0.493 e. The summed E-state index contributed by atoms with van der Waals surface area (Å²) in [5.74, 6) is 2.07. The molecule has 2 heterocycles. The summed E-state index contributed by atoms with van der Waals surface area (Å²) in [5.41, 5.74) is 6.49. The molecule has 3 aromatic rings. The zero-order chi connectivity index (χ0) is 22.2. The highest BCUT2D eigenvalue weighted by Crippen LogP contribution is 2.50. The van der Waals surface area contributed by atoms with Crippen LogP contribution in [0.4, 0.5) is 0 Å². The standard InChI is InChI=1S/C27H34N2O3/c1-5-32-27-26-25(20-14-17(2)10-12-21(20)28-26)19-8-6-7-9-22(19)29(27)16-18-11-13-23(30-3)24(15-18)31-4/h10-15,19,22,27-28H,5-9,16H2,1-4H3. The highest BCUT2D eigenvalue weighted by atomic mass is 16.5. The summed E-state index contributed by atoms with van der Waals surface area (Å²) in [6.07, 6.45) is 4.94. The lowest BCUT2D eigenvalue weighted by Crippen LogP contribution is -2.48. The second-order valence-electron chi connectivity index (χ2n) is 9.13. The van der Waals surface area contributed by atoms with Crippen molar-refractivity contribution in [1.29, 1.82) is 0 Å². The van der Waals surface area contributed by atoms with E-state index >= 15 is 0 Å². The molecule has 0 spiro atoms. The predicted molar refractivity (Wildman–Crippen MR) is 127 cm³/mol. The normalized spacial score (nSPS) is 23.1. The van der Waals surface area contributed by atoms with Crippen LogP contribution in [0.15, 0.2) is 36.4 Å². The SMILES string of the molecule is CCOC1c2[nH]c3ccc(C)cc3c2C2CCCCC2N1Cc1ccc(OC)c(OC)c1. The Morgan fingerprint density at radius 2 is 1.81 bits per heavy atom. The number of ether oxygens (including phenoxy) is 3. The lowest BCUT2D eigenvalue weighted by molar-refractivity contribution is -0.105. The van der Waals surface area contributed by atoms with Gasteiger partial charge in [-0.25, -0.2) is 0 Å². The van der Waals surface area contributed by atoms with Gasteiger partial charge in [0.1, 0.15) is 0 Å². The van der Waals surface area contributed by atoms with Gasteiger partial charge in [0.15, 0.2) is 17.7 Å². The fourth-order valence-electron chi connectivity index (χ4n) is 5.85. The van der Waals surface area contributed by atoms with Gasteiger partial charge in [0.25, 0.3) is 0 Å². The summed E-state index contributed by atoms with van der Waals surface area (Å²) in [6.45, 7) is 5.77. The number of rotatable bonds is 6.